The first-order valence-corrected chi connectivity index (χ1v) is 4.26. The normalized spacial score (nSPS) is 10.3. The van der Waals surface area contributed by atoms with Crippen molar-refractivity contribution in [2.75, 3.05) is 5.73 Å². The molecule has 1 aromatic rings. The number of alkyl halides is 2. The zero-order valence-corrected chi connectivity index (χ0v) is 8.22. The van der Waals surface area contributed by atoms with Crippen LogP contribution < -0.4 is 5.73 Å². The number of hydrogen-bond donors (Lipinski definition) is 1. The second-order valence-electron chi connectivity index (χ2n) is 2.80. The van der Waals surface area contributed by atoms with Crippen molar-refractivity contribution in [2.24, 2.45) is 0 Å². The lowest BCUT2D eigenvalue weighted by atomic mass is 10.1. The molecule has 0 aliphatic rings. The minimum absolute atomic E-state index is 0.0487. The smallest absolute Gasteiger partial charge is 0.299 e. The van der Waals surface area contributed by atoms with E-state index < -0.39 is 29.6 Å². The third-order valence-corrected chi connectivity index (χ3v) is 2.34. The van der Waals surface area contributed by atoms with Gasteiger partial charge in [0.25, 0.3) is 5.69 Å². The lowest BCUT2D eigenvalue weighted by Crippen LogP contribution is -2.02. The molecule has 7 heteroatoms. The first-order valence-electron chi connectivity index (χ1n) is 3.89. The Kier molecular flexibility index (Phi) is 3.41. The van der Waals surface area contributed by atoms with E-state index in [1.165, 1.54) is 0 Å². The number of nitro benzene ring substituents is 1. The number of nitro groups is 1. The molecule has 4 nitrogen and oxygen atoms in total. The molecule has 0 aliphatic heterocycles. The molecule has 1 rings (SSSR count). The predicted molar refractivity (Wildman–Crippen MR) is 52.1 cm³/mol. The van der Waals surface area contributed by atoms with E-state index in [1.54, 1.807) is 0 Å². The molecule has 0 saturated heterocycles. The lowest BCUT2D eigenvalue weighted by molar-refractivity contribution is -0.384. The van der Waals surface area contributed by atoms with Gasteiger partial charge in [0.15, 0.2) is 0 Å². The number of anilines is 1. The minimum atomic E-state index is -1.09. The maximum Gasteiger partial charge on any atom is 0.299 e. The molecular weight excluding hydrogens is 230 g/mol. The summed E-state index contributed by atoms with van der Waals surface area (Å²) in [6, 6.07) is 1.01. The average molecular weight is 237 g/mol. The Labute approximate surface area is 88.8 Å². The highest BCUT2D eigenvalue weighted by Gasteiger charge is 2.23. The SMILES string of the molecule is Nc1c(Cl)c(CF)cc(CF)c1[N+](=O)[O-]. The molecule has 0 radical (unpaired) electrons. The molecule has 1 aromatic carbocycles. The van der Waals surface area contributed by atoms with Crippen LogP contribution in [-0.2, 0) is 13.3 Å². The maximum atomic E-state index is 12.4. The molecule has 15 heavy (non-hydrogen) atoms. The zero-order chi connectivity index (χ0) is 11.6. The van der Waals surface area contributed by atoms with Crippen LogP contribution in [0.2, 0.25) is 5.02 Å². The quantitative estimate of drug-likeness (QED) is 0.498. The minimum Gasteiger partial charge on any atom is -0.392 e. The van der Waals surface area contributed by atoms with Crippen molar-refractivity contribution in [1.29, 1.82) is 0 Å². The average Bonchev–Trinajstić information content (AvgIpc) is 2.20. The van der Waals surface area contributed by atoms with E-state index in [9.17, 15) is 18.9 Å². The van der Waals surface area contributed by atoms with Crippen LogP contribution in [0.15, 0.2) is 6.07 Å². The van der Waals surface area contributed by atoms with Crippen molar-refractivity contribution < 1.29 is 13.7 Å². The van der Waals surface area contributed by atoms with Gasteiger partial charge in [-0.25, -0.2) is 8.78 Å². The van der Waals surface area contributed by atoms with Crippen LogP contribution in [0.3, 0.4) is 0 Å². The molecule has 0 aromatic heterocycles. The highest BCUT2D eigenvalue weighted by molar-refractivity contribution is 6.34. The van der Waals surface area contributed by atoms with Crippen LogP contribution in [0.25, 0.3) is 0 Å². The van der Waals surface area contributed by atoms with Crippen LogP contribution in [0, 0.1) is 10.1 Å². The van der Waals surface area contributed by atoms with Crippen LogP contribution in [0.5, 0.6) is 0 Å². The molecule has 0 heterocycles. The van der Waals surface area contributed by atoms with Gasteiger partial charge in [0.2, 0.25) is 0 Å². The fraction of sp³-hybridized carbons (Fsp3) is 0.250. The Morgan fingerprint density at radius 3 is 2.33 bits per heavy atom. The van der Waals surface area contributed by atoms with E-state index in [0.717, 1.165) is 6.07 Å². The number of halogens is 3. The molecule has 2 N–H and O–H groups in total. The van der Waals surface area contributed by atoms with Gasteiger partial charge in [0, 0.05) is 5.56 Å². The van der Waals surface area contributed by atoms with Crippen LogP contribution in [0.4, 0.5) is 20.2 Å². The number of hydrogen-bond acceptors (Lipinski definition) is 3. The molecule has 0 atom stereocenters. The van der Waals surface area contributed by atoms with Crippen LogP contribution in [-0.4, -0.2) is 4.92 Å². The number of rotatable bonds is 3. The third kappa shape index (κ3) is 1.99. The summed E-state index contributed by atoms with van der Waals surface area (Å²) < 4.78 is 24.8. The number of nitrogens with two attached hydrogens (primary N) is 1. The summed E-state index contributed by atoms with van der Waals surface area (Å²) >= 11 is 5.58. The summed E-state index contributed by atoms with van der Waals surface area (Å²) in [7, 11) is 0. The Morgan fingerprint density at radius 1 is 1.40 bits per heavy atom. The lowest BCUT2D eigenvalue weighted by Gasteiger charge is -2.07. The molecule has 0 aliphatic carbocycles. The first-order chi connectivity index (χ1) is 7.02. The Morgan fingerprint density at radius 2 is 1.93 bits per heavy atom. The van der Waals surface area contributed by atoms with Crippen molar-refractivity contribution in [3.05, 3.63) is 32.3 Å². The van der Waals surface area contributed by atoms with Gasteiger partial charge in [-0.15, -0.1) is 0 Å². The van der Waals surface area contributed by atoms with Crippen molar-refractivity contribution in [3.63, 3.8) is 0 Å². The van der Waals surface area contributed by atoms with Crippen LogP contribution in [0.1, 0.15) is 11.1 Å². The summed E-state index contributed by atoms with van der Waals surface area (Å²) in [6.07, 6.45) is 0. The van der Waals surface area contributed by atoms with E-state index in [-0.39, 0.29) is 16.1 Å². The molecule has 0 amide bonds. The zero-order valence-electron chi connectivity index (χ0n) is 7.47. The molecule has 0 saturated carbocycles. The fourth-order valence-corrected chi connectivity index (χ4v) is 1.40. The summed E-state index contributed by atoms with van der Waals surface area (Å²) in [5, 5.41) is 10.3. The highest BCUT2D eigenvalue weighted by Crippen LogP contribution is 2.36. The number of nitrogens with zero attached hydrogens (tertiary/aromatic N) is 1. The van der Waals surface area contributed by atoms with Crippen molar-refractivity contribution in [1.82, 2.24) is 0 Å². The largest absolute Gasteiger partial charge is 0.392 e. The molecule has 82 valence electrons. The van der Waals surface area contributed by atoms with Gasteiger partial charge in [-0.3, -0.25) is 10.1 Å². The summed E-state index contributed by atoms with van der Waals surface area (Å²) in [5.74, 6) is 0. The van der Waals surface area contributed by atoms with Gasteiger partial charge in [-0.05, 0) is 6.07 Å². The first kappa shape index (κ1) is 11.6. The second-order valence-corrected chi connectivity index (χ2v) is 3.17. The van der Waals surface area contributed by atoms with Gasteiger partial charge in [0.1, 0.15) is 19.0 Å². The summed E-state index contributed by atoms with van der Waals surface area (Å²) in [5.41, 5.74) is 4.02. The van der Waals surface area contributed by atoms with E-state index in [0.29, 0.717) is 0 Å². The van der Waals surface area contributed by atoms with E-state index in [2.05, 4.69) is 0 Å². The van der Waals surface area contributed by atoms with Gasteiger partial charge < -0.3 is 5.73 Å². The topological polar surface area (TPSA) is 69.2 Å². The van der Waals surface area contributed by atoms with Gasteiger partial charge in [-0.2, -0.15) is 0 Å². The highest BCUT2D eigenvalue weighted by atomic mass is 35.5. The molecule has 0 bridgehead atoms. The molecule has 0 fully saturated rings. The fourth-order valence-electron chi connectivity index (χ4n) is 1.21. The summed E-state index contributed by atoms with van der Waals surface area (Å²) in [4.78, 5) is 9.72. The monoisotopic (exact) mass is 236 g/mol. The Balaban J connectivity index is 3.51. The Bertz CT molecular complexity index is 412. The van der Waals surface area contributed by atoms with Gasteiger partial charge in [-0.1, -0.05) is 11.6 Å². The van der Waals surface area contributed by atoms with E-state index in [4.69, 9.17) is 17.3 Å². The van der Waals surface area contributed by atoms with Gasteiger partial charge >= 0.3 is 0 Å². The van der Waals surface area contributed by atoms with Gasteiger partial charge in [0.05, 0.1) is 15.5 Å². The maximum absolute atomic E-state index is 12.4. The van der Waals surface area contributed by atoms with E-state index >= 15 is 0 Å². The molecule has 0 unspecified atom stereocenters. The van der Waals surface area contributed by atoms with E-state index in [1.807, 2.05) is 0 Å². The predicted octanol–water partition coefficient (Wildman–Crippen LogP) is 2.77. The van der Waals surface area contributed by atoms with Crippen molar-refractivity contribution in [3.8, 4) is 0 Å². The molecular formula is C8H7ClF2N2O2. The number of nitrogen functional groups attached to an aromatic ring is 1. The summed E-state index contributed by atoms with van der Waals surface area (Å²) in [6.45, 7) is -2.04. The number of benzene rings is 1. The Hall–Kier alpha value is -1.43. The molecule has 0 spiro atoms. The second kappa shape index (κ2) is 4.39. The standard InChI is InChI=1S/C8H7ClF2N2O2/c9-6-4(2-10)1-5(3-11)8(7(6)12)13(14)15/h1H,2-3,12H2. The van der Waals surface area contributed by atoms with Crippen LogP contribution >= 0.6 is 11.6 Å². The third-order valence-electron chi connectivity index (χ3n) is 1.90. The van der Waals surface area contributed by atoms with Crippen molar-refractivity contribution in [2.45, 2.75) is 13.3 Å². The van der Waals surface area contributed by atoms with Crippen molar-refractivity contribution >= 4 is 23.0 Å².